The summed E-state index contributed by atoms with van der Waals surface area (Å²) in [6.45, 7) is 6.48. The zero-order valence-electron chi connectivity index (χ0n) is 19.1. The molecule has 0 aliphatic heterocycles. The van der Waals surface area contributed by atoms with E-state index in [1.165, 1.54) is 0 Å². The van der Waals surface area contributed by atoms with Crippen LogP contribution in [0.3, 0.4) is 0 Å². The van der Waals surface area contributed by atoms with E-state index in [2.05, 4.69) is 39.0 Å². The van der Waals surface area contributed by atoms with Crippen molar-refractivity contribution < 1.29 is 9.53 Å². The SMILES string of the molecule is CCOc1ccc(NC(=O)C(C#N)=Cc2cc(C)n(-c3ccc(N(C)C)cc3)c2C)cc1. The van der Waals surface area contributed by atoms with Gasteiger partial charge in [0.05, 0.1) is 6.61 Å². The van der Waals surface area contributed by atoms with E-state index >= 15 is 0 Å². The summed E-state index contributed by atoms with van der Waals surface area (Å²) in [6.07, 6.45) is 1.64. The molecule has 0 unspecified atom stereocenters. The lowest BCUT2D eigenvalue weighted by molar-refractivity contribution is -0.112. The number of nitriles is 1. The van der Waals surface area contributed by atoms with E-state index in [4.69, 9.17) is 4.74 Å². The van der Waals surface area contributed by atoms with E-state index in [1.807, 2.05) is 47.0 Å². The molecule has 0 spiro atoms. The fourth-order valence-corrected chi connectivity index (χ4v) is 3.53. The Kier molecular flexibility index (Phi) is 7.01. The standard InChI is InChI=1S/C26H28N4O2/c1-6-32-25-13-7-22(8-14-25)28-26(31)21(17-27)16-20-15-18(2)30(19(20)3)24-11-9-23(10-12-24)29(4)5/h7-16H,6H2,1-5H3,(H,28,31). The van der Waals surface area contributed by atoms with Gasteiger partial charge in [0.2, 0.25) is 0 Å². The van der Waals surface area contributed by atoms with Gasteiger partial charge in [-0.2, -0.15) is 5.26 Å². The Labute approximate surface area is 189 Å². The van der Waals surface area contributed by atoms with Crippen LogP contribution in [0.5, 0.6) is 5.75 Å². The third kappa shape index (κ3) is 5.01. The predicted octanol–water partition coefficient (Wildman–Crippen LogP) is 5.10. The van der Waals surface area contributed by atoms with Crippen LogP contribution in [-0.4, -0.2) is 31.2 Å². The van der Waals surface area contributed by atoms with Gasteiger partial charge in [-0.25, -0.2) is 0 Å². The van der Waals surface area contributed by atoms with Crippen molar-refractivity contribution in [2.24, 2.45) is 0 Å². The summed E-state index contributed by atoms with van der Waals surface area (Å²) < 4.78 is 7.53. The first kappa shape index (κ1) is 22.7. The maximum Gasteiger partial charge on any atom is 0.266 e. The molecule has 0 fully saturated rings. The molecule has 1 heterocycles. The van der Waals surface area contributed by atoms with E-state index in [-0.39, 0.29) is 5.57 Å². The van der Waals surface area contributed by atoms with Crippen LogP contribution in [-0.2, 0) is 4.79 Å². The van der Waals surface area contributed by atoms with Crippen molar-refractivity contribution >= 4 is 23.4 Å². The van der Waals surface area contributed by atoms with E-state index in [0.29, 0.717) is 12.3 Å². The van der Waals surface area contributed by atoms with Gasteiger partial charge in [0, 0.05) is 42.5 Å². The number of carbonyl (C=O) groups excluding carboxylic acids is 1. The molecule has 6 heteroatoms. The van der Waals surface area contributed by atoms with Gasteiger partial charge >= 0.3 is 0 Å². The molecule has 164 valence electrons. The molecule has 6 nitrogen and oxygen atoms in total. The lowest BCUT2D eigenvalue weighted by Crippen LogP contribution is -2.13. The number of carbonyl (C=O) groups is 1. The summed E-state index contributed by atoms with van der Waals surface area (Å²) in [6, 6.07) is 19.3. The van der Waals surface area contributed by atoms with Crippen LogP contribution in [0.4, 0.5) is 11.4 Å². The highest BCUT2D eigenvalue weighted by Crippen LogP contribution is 2.25. The minimum atomic E-state index is -0.447. The highest BCUT2D eigenvalue weighted by molar-refractivity contribution is 6.09. The number of hydrogen-bond donors (Lipinski definition) is 1. The highest BCUT2D eigenvalue weighted by Gasteiger charge is 2.14. The monoisotopic (exact) mass is 428 g/mol. The topological polar surface area (TPSA) is 70.3 Å². The van der Waals surface area contributed by atoms with Gasteiger partial charge < -0.3 is 19.5 Å². The third-order valence-electron chi connectivity index (χ3n) is 5.18. The molecule has 2 aromatic carbocycles. The number of aromatic nitrogens is 1. The molecular formula is C26H28N4O2. The third-order valence-corrected chi connectivity index (χ3v) is 5.18. The Bertz CT molecular complexity index is 1160. The number of nitrogens with zero attached hydrogens (tertiary/aromatic N) is 3. The van der Waals surface area contributed by atoms with Gasteiger partial charge in [-0.1, -0.05) is 0 Å². The summed E-state index contributed by atoms with van der Waals surface area (Å²) in [5.41, 5.74) is 5.61. The molecule has 1 amide bonds. The number of benzene rings is 2. The Balaban J connectivity index is 1.85. The molecule has 1 aromatic heterocycles. The van der Waals surface area contributed by atoms with E-state index in [9.17, 15) is 10.1 Å². The molecule has 0 aliphatic carbocycles. The van der Waals surface area contributed by atoms with Gasteiger partial charge in [-0.15, -0.1) is 0 Å². The predicted molar refractivity (Wildman–Crippen MR) is 129 cm³/mol. The number of ether oxygens (including phenoxy) is 1. The fraction of sp³-hybridized carbons (Fsp3) is 0.231. The van der Waals surface area contributed by atoms with Gasteiger partial charge in [0.15, 0.2) is 0 Å². The van der Waals surface area contributed by atoms with Gasteiger partial charge in [-0.05, 0) is 87.0 Å². The smallest absolute Gasteiger partial charge is 0.266 e. The molecule has 0 radical (unpaired) electrons. The van der Waals surface area contributed by atoms with Crippen molar-refractivity contribution in [3.8, 4) is 17.5 Å². The molecule has 0 atom stereocenters. The first-order valence-electron chi connectivity index (χ1n) is 10.5. The van der Waals surface area contributed by atoms with Gasteiger partial charge in [0.25, 0.3) is 5.91 Å². The van der Waals surface area contributed by atoms with Crippen molar-refractivity contribution in [1.82, 2.24) is 4.57 Å². The van der Waals surface area contributed by atoms with Gasteiger partial charge in [0.1, 0.15) is 17.4 Å². The number of nitrogens with one attached hydrogen (secondary N) is 1. The number of aryl methyl sites for hydroxylation is 1. The molecule has 0 bridgehead atoms. The van der Waals surface area contributed by atoms with Crippen molar-refractivity contribution in [2.45, 2.75) is 20.8 Å². The molecule has 0 saturated heterocycles. The second kappa shape index (κ2) is 9.88. The Morgan fingerprint density at radius 2 is 1.78 bits per heavy atom. The highest BCUT2D eigenvalue weighted by atomic mass is 16.5. The average molecular weight is 429 g/mol. The maximum atomic E-state index is 12.7. The largest absolute Gasteiger partial charge is 0.494 e. The van der Waals surface area contributed by atoms with Crippen LogP contribution in [0.25, 0.3) is 11.8 Å². The van der Waals surface area contributed by atoms with E-state index in [1.54, 1.807) is 30.3 Å². The number of anilines is 2. The minimum Gasteiger partial charge on any atom is -0.494 e. The van der Waals surface area contributed by atoms with Crippen LogP contribution in [0.1, 0.15) is 23.9 Å². The zero-order valence-corrected chi connectivity index (χ0v) is 19.1. The zero-order chi connectivity index (χ0) is 23.3. The fourth-order valence-electron chi connectivity index (χ4n) is 3.53. The maximum absolute atomic E-state index is 12.7. The van der Waals surface area contributed by atoms with E-state index in [0.717, 1.165) is 34.1 Å². The first-order chi connectivity index (χ1) is 15.3. The molecule has 3 aromatic rings. The normalized spacial score (nSPS) is 11.1. The van der Waals surface area contributed by atoms with Gasteiger partial charge in [-0.3, -0.25) is 4.79 Å². The molecule has 1 N–H and O–H groups in total. The summed E-state index contributed by atoms with van der Waals surface area (Å²) in [5, 5.41) is 12.4. The van der Waals surface area contributed by atoms with Crippen LogP contribution >= 0.6 is 0 Å². The average Bonchev–Trinajstić information content (AvgIpc) is 3.06. The molecule has 0 aliphatic rings. The van der Waals surface area contributed by atoms with Crippen LogP contribution in [0.2, 0.25) is 0 Å². The summed E-state index contributed by atoms with van der Waals surface area (Å²) in [4.78, 5) is 14.7. The van der Waals surface area contributed by atoms with Crippen molar-refractivity contribution in [2.75, 3.05) is 30.9 Å². The number of hydrogen-bond acceptors (Lipinski definition) is 4. The van der Waals surface area contributed by atoms with E-state index < -0.39 is 5.91 Å². The first-order valence-corrected chi connectivity index (χ1v) is 10.5. The lowest BCUT2D eigenvalue weighted by Gasteiger charge is -2.14. The Morgan fingerprint density at radius 3 is 2.34 bits per heavy atom. The number of amides is 1. The quantitative estimate of drug-likeness (QED) is 0.420. The second-order valence-electron chi connectivity index (χ2n) is 7.65. The summed E-state index contributed by atoms with van der Waals surface area (Å²) in [7, 11) is 4.01. The van der Waals surface area contributed by atoms with Crippen molar-refractivity contribution in [3.05, 3.63) is 77.1 Å². The van der Waals surface area contributed by atoms with Crippen LogP contribution < -0.4 is 15.0 Å². The van der Waals surface area contributed by atoms with Crippen molar-refractivity contribution in [1.29, 1.82) is 5.26 Å². The second-order valence-corrected chi connectivity index (χ2v) is 7.65. The van der Waals surface area contributed by atoms with Crippen LogP contribution in [0, 0.1) is 25.2 Å². The molecule has 0 saturated carbocycles. The Hall–Kier alpha value is -3.98. The summed E-state index contributed by atoms with van der Waals surface area (Å²) >= 11 is 0. The van der Waals surface area contributed by atoms with Crippen LogP contribution in [0.15, 0.2) is 60.2 Å². The summed E-state index contributed by atoms with van der Waals surface area (Å²) in [5.74, 6) is 0.282. The lowest BCUT2D eigenvalue weighted by atomic mass is 10.1. The Morgan fingerprint density at radius 1 is 1.12 bits per heavy atom. The molecule has 32 heavy (non-hydrogen) atoms. The molecule has 3 rings (SSSR count). The number of rotatable bonds is 7. The minimum absolute atomic E-state index is 0.0436. The van der Waals surface area contributed by atoms with Crippen molar-refractivity contribution in [3.63, 3.8) is 0 Å². The molecular weight excluding hydrogens is 400 g/mol.